The van der Waals surface area contributed by atoms with Crippen molar-refractivity contribution in [1.82, 2.24) is 9.97 Å². The van der Waals surface area contributed by atoms with E-state index in [-0.39, 0.29) is 5.54 Å². The summed E-state index contributed by atoms with van der Waals surface area (Å²) in [6.07, 6.45) is 4.40. The van der Waals surface area contributed by atoms with Crippen LogP contribution in [-0.4, -0.2) is 27.8 Å². The Morgan fingerprint density at radius 1 is 1.16 bits per heavy atom. The van der Waals surface area contributed by atoms with Gasteiger partial charge in [0.2, 0.25) is 0 Å². The molecule has 0 spiro atoms. The summed E-state index contributed by atoms with van der Waals surface area (Å²) in [6.45, 7) is 6.94. The maximum Gasteiger partial charge on any atom is 0.141 e. The van der Waals surface area contributed by atoms with Gasteiger partial charge in [0.25, 0.3) is 0 Å². The zero-order valence-electron chi connectivity index (χ0n) is 15.3. The summed E-state index contributed by atoms with van der Waals surface area (Å²) in [5.41, 5.74) is 14.3. The highest BCUT2D eigenvalue weighted by Gasteiger charge is 2.22. The van der Waals surface area contributed by atoms with E-state index in [0.29, 0.717) is 29.5 Å². The number of hydrogen-bond donors (Lipinski definition) is 4. The van der Waals surface area contributed by atoms with Crippen molar-refractivity contribution < 1.29 is 0 Å². The molecule has 134 valence electrons. The van der Waals surface area contributed by atoms with Gasteiger partial charge in [-0.05, 0) is 46.6 Å². The van der Waals surface area contributed by atoms with Crippen LogP contribution in [0.4, 0.5) is 11.6 Å². The van der Waals surface area contributed by atoms with Gasteiger partial charge in [0.1, 0.15) is 18.0 Å². The van der Waals surface area contributed by atoms with Crippen LogP contribution in [0.3, 0.4) is 0 Å². The largest absolute Gasteiger partial charge is 0.383 e. The number of nitrogens with one attached hydrogen (secondary N) is 2. The molecule has 6 N–H and O–H groups in total. The first-order valence-corrected chi connectivity index (χ1v) is 8.59. The molecule has 0 amide bonds. The highest BCUT2D eigenvalue weighted by atomic mass is 15.1. The van der Waals surface area contributed by atoms with Crippen LogP contribution < -0.4 is 16.8 Å². The van der Waals surface area contributed by atoms with Gasteiger partial charge in [-0.3, -0.25) is 5.41 Å². The van der Waals surface area contributed by atoms with Gasteiger partial charge in [-0.15, -0.1) is 0 Å². The molecule has 2 rings (SSSR count). The van der Waals surface area contributed by atoms with E-state index in [1.165, 1.54) is 6.33 Å². The molecule has 0 atom stereocenters. The van der Waals surface area contributed by atoms with Gasteiger partial charge in [0.05, 0.1) is 11.3 Å². The Labute approximate surface area is 149 Å². The van der Waals surface area contributed by atoms with Gasteiger partial charge in [-0.2, -0.15) is 0 Å². The number of nitrogen functional groups attached to an aromatic ring is 1. The van der Waals surface area contributed by atoms with E-state index in [9.17, 15) is 0 Å². The maximum atomic E-state index is 8.58. The molecule has 0 saturated carbocycles. The topological polar surface area (TPSA) is 114 Å². The van der Waals surface area contributed by atoms with Crippen molar-refractivity contribution in [1.29, 1.82) is 5.41 Å². The number of rotatable bonds is 8. The first kappa shape index (κ1) is 18.9. The minimum atomic E-state index is -0.182. The highest BCUT2D eigenvalue weighted by molar-refractivity contribution is 6.16. The summed E-state index contributed by atoms with van der Waals surface area (Å²) in [7, 11) is 0. The summed E-state index contributed by atoms with van der Waals surface area (Å²) < 4.78 is 0. The monoisotopic (exact) mass is 340 g/mol. The average molecular weight is 340 g/mol. The number of benzene rings is 1. The van der Waals surface area contributed by atoms with Crippen molar-refractivity contribution in [3.05, 3.63) is 47.3 Å². The highest BCUT2D eigenvalue weighted by Crippen LogP contribution is 2.26. The van der Waals surface area contributed by atoms with Crippen LogP contribution in [0.5, 0.6) is 0 Å². The lowest BCUT2D eigenvalue weighted by Gasteiger charge is -2.28. The van der Waals surface area contributed by atoms with Crippen LogP contribution >= 0.6 is 0 Å². The minimum Gasteiger partial charge on any atom is -0.383 e. The smallest absolute Gasteiger partial charge is 0.141 e. The third kappa shape index (κ3) is 5.00. The average Bonchev–Trinajstić information content (AvgIpc) is 2.55. The third-order valence-electron chi connectivity index (χ3n) is 4.18. The molecule has 0 saturated heterocycles. The Kier molecular flexibility index (Phi) is 6.09. The molecule has 1 aromatic carbocycles. The van der Waals surface area contributed by atoms with Crippen molar-refractivity contribution >= 4 is 17.3 Å². The molecule has 0 aliphatic carbocycles. The Morgan fingerprint density at radius 3 is 2.48 bits per heavy atom. The van der Waals surface area contributed by atoms with Gasteiger partial charge >= 0.3 is 0 Å². The normalized spacial score (nSPS) is 11.4. The number of anilines is 2. The number of aromatic nitrogens is 2. The molecular weight excluding hydrogens is 312 g/mol. The second-order valence-electron chi connectivity index (χ2n) is 6.98. The lowest BCUT2D eigenvalue weighted by Crippen LogP contribution is -2.32. The Morgan fingerprint density at radius 2 is 1.84 bits per heavy atom. The molecule has 1 heterocycles. The lowest BCUT2D eigenvalue weighted by atomic mass is 9.96. The Hall–Kier alpha value is -2.47. The van der Waals surface area contributed by atoms with Crippen LogP contribution in [-0.2, 0) is 0 Å². The minimum absolute atomic E-state index is 0.182. The van der Waals surface area contributed by atoms with Crippen molar-refractivity contribution in [2.45, 2.75) is 45.6 Å². The summed E-state index contributed by atoms with van der Waals surface area (Å²) in [4.78, 5) is 8.43. The fourth-order valence-corrected chi connectivity index (χ4v) is 2.70. The van der Waals surface area contributed by atoms with Crippen molar-refractivity contribution in [2.24, 2.45) is 5.73 Å². The molecule has 6 heteroatoms. The maximum absolute atomic E-state index is 8.58. The number of hydrogen-bond acceptors (Lipinski definition) is 6. The fraction of sp³-hybridized carbons (Fsp3) is 0.421. The first-order chi connectivity index (χ1) is 11.8. The number of unbranched alkanes of at least 4 members (excludes halogenated alkanes) is 1. The molecule has 0 unspecified atom stereocenters. The number of nitrogens with two attached hydrogens (primary N) is 2. The number of nitrogens with zero attached hydrogens (tertiary/aromatic N) is 2. The molecule has 0 aliphatic heterocycles. The summed E-state index contributed by atoms with van der Waals surface area (Å²) in [5, 5.41) is 12.0. The van der Waals surface area contributed by atoms with Gasteiger partial charge in [-0.25, -0.2) is 9.97 Å². The Bertz CT molecular complexity index is 721. The quantitative estimate of drug-likeness (QED) is 0.435. The zero-order valence-corrected chi connectivity index (χ0v) is 15.3. The van der Waals surface area contributed by atoms with Gasteiger partial charge in [-0.1, -0.05) is 29.8 Å². The van der Waals surface area contributed by atoms with E-state index in [4.69, 9.17) is 16.9 Å². The molecule has 0 fully saturated rings. The zero-order chi connectivity index (χ0) is 18.4. The SMILES string of the molecule is Cc1ccc(C(=N)c2c(N)ncnc2NC(C)(C)CCCCN)cc1. The van der Waals surface area contributed by atoms with Crippen molar-refractivity contribution in [2.75, 3.05) is 17.6 Å². The summed E-state index contributed by atoms with van der Waals surface area (Å²) in [5.74, 6) is 0.900. The molecule has 0 bridgehead atoms. The van der Waals surface area contributed by atoms with Crippen molar-refractivity contribution in [3.8, 4) is 0 Å². The van der Waals surface area contributed by atoms with Crippen LogP contribution in [0.2, 0.25) is 0 Å². The molecular formula is C19H28N6. The second kappa shape index (κ2) is 8.07. The molecule has 6 nitrogen and oxygen atoms in total. The third-order valence-corrected chi connectivity index (χ3v) is 4.18. The van der Waals surface area contributed by atoms with Crippen LogP contribution in [0.15, 0.2) is 30.6 Å². The van der Waals surface area contributed by atoms with E-state index < -0.39 is 0 Å². The fourth-order valence-electron chi connectivity index (χ4n) is 2.70. The van der Waals surface area contributed by atoms with E-state index in [1.807, 2.05) is 31.2 Å². The predicted octanol–water partition coefficient (Wildman–Crippen LogP) is 3.10. The van der Waals surface area contributed by atoms with E-state index >= 15 is 0 Å². The van der Waals surface area contributed by atoms with Crippen LogP contribution in [0, 0.1) is 12.3 Å². The molecule has 1 aromatic heterocycles. The Balaban J connectivity index is 2.30. The first-order valence-electron chi connectivity index (χ1n) is 8.59. The van der Waals surface area contributed by atoms with E-state index in [0.717, 1.165) is 30.4 Å². The molecule has 25 heavy (non-hydrogen) atoms. The standard InChI is InChI=1S/C19H28N6/c1-13-6-8-14(9-7-13)16(21)15-17(22)23-12-24-18(15)25-19(2,3)10-4-5-11-20/h6-9,12,21H,4-5,10-11,20H2,1-3H3,(H3,22,23,24,25). The molecule has 0 radical (unpaired) electrons. The van der Waals surface area contributed by atoms with Crippen LogP contribution in [0.25, 0.3) is 0 Å². The molecule has 0 aliphatic rings. The summed E-state index contributed by atoms with van der Waals surface area (Å²) >= 11 is 0. The van der Waals surface area contributed by atoms with Crippen molar-refractivity contribution in [3.63, 3.8) is 0 Å². The van der Waals surface area contributed by atoms with E-state index in [2.05, 4.69) is 29.1 Å². The van der Waals surface area contributed by atoms with Gasteiger partial charge < -0.3 is 16.8 Å². The molecule has 2 aromatic rings. The summed E-state index contributed by atoms with van der Waals surface area (Å²) in [6, 6.07) is 7.79. The predicted molar refractivity (Wildman–Crippen MR) is 104 cm³/mol. The van der Waals surface area contributed by atoms with Gasteiger partial charge in [0.15, 0.2) is 0 Å². The number of aryl methyl sites for hydroxylation is 1. The lowest BCUT2D eigenvalue weighted by molar-refractivity contribution is 0.486. The van der Waals surface area contributed by atoms with Crippen LogP contribution in [0.1, 0.15) is 49.8 Å². The second-order valence-corrected chi connectivity index (χ2v) is 6.98. The van der Waals surface area contributed by atoms with E-state index in [1.54, 1.807) is 0 Å². The van der Waals surface area contributed by atoms with Gasteiger partial charge in [0, 0.05) is 11.1 Å².